The Morgan fingerprint density at radius 3 is 2.56 bits per heavy atom. The van der Waals surface area contributed by atoms with E-state index in [1.807, 2.05) is 20.0 Å². The van der Waals surface area contributed by atoms with Gasteiger partial charge in [0.05, 0.1) is 17.1 Å². The van der Waals surface area contributed by atoms with E-state index < -0.39 is 0 Å². The number of aromatic nitrogens is 2. The number of rotatable bonds is 3. The highest BCUT2D eigenvalue weighted by molar-refractivity contribution is 5.74. The summed E-state index contributed by atoms with van der Waals surface area (Å²) in [5.74, 6) is 0. The predicted molar refractivity (Wildman–Crippen MR) is 66.2 cm³/mol. The van der Waals surface area contributed by atoms with Gasteiger partial charge in [0.15, 0.2) is 0 Å². The van der Waals surface area contributed by atoms with Crippen molar-refractivity contribution in [2.24, 2.45) is 0 Å². The van der Waals surface area contributed by atoms with Crippen LogP contribution in [0.3, 0.4) is 0 Å². The first-order chi connectivity index (χ1) is 7.72. The van der Waals surface area contributed by atoms with E-state index >= 15 is 0 Å². The Labute approximate surface area is 95.2 Å². The van der Waals surface area contributed by atoms with Crippen molar-refractivity contribution in [2.45, 2.75) is 13.0 Å². The zero-order chi connectivity index (χ0) is 11.5. The molecule has 1 aromatic carbocycles. The Bertz CT molecular complexity index is 519. The van der Waals surface area contributed by atoms with Crippen LogP contribution < -0.4 is 5.32 Å². The third-order valence-electron chi connectivity index (χ3n) is 2.61. The summed E-state index contributed by atoms with van der Waals surface area (Å²) in [6.07, 6.45) is 3.41. The molecule has 3 nitrogen and oxygen atoms in total. The number of fused-ring (bicyclic) bond motifs is 1. The second-order valence-electron chi connectivity index (χ2n) is 3.87. The molecule has 16 heavy (non-hydrogen) atoms. The standard InChI is InChI=1S/C13H15N3/c1-9(2)13(14-3)10-4-5-11-12(8-10)16-7-6-15-11/h4-8,13-14H,1H2,2-3H3. The highest BCUT2D eigenvalue weighted by Crippen LogP contribution is 2.22. The van der Waals surface area contributed by atoms with Crippen molar-refractivity contribution in [3.05, 3.63) is 48.3 Å². The summed E-state index contributed by atoms with van der Waals surface area (Å²) >= 11 is 0. The summed E-state index contributed by atoms with van der Waals surface area (Å²) in [6, 6.07) is 6.28. The fourth-order valence-electron chi connectivity index (χ4n) is 1.86. The Kier molecular flexibility index (Phi) is 2.97. The van der Waals surface area contributed by atoms with Crippen LogP contribution in [0, 0.1) is 0 Å². The second-order valence-corrected chi connectivity index (χ2v) is 3.87. The summed E-state index contributed by atoms with van der Waals surface area (Å²) in [7, 11) is 1.93. The van der Waals surface area contributed by atoms with Crippen molar-refractivity contribution < 1.29 is 0 Å². The van der Waals surface area contributed by atoms with Gasteiger partial charge in [0.25, 0.3) is 0 Å². The zero-order valence-electron chi connectivity index (χ0n) is 9.57. The van der Waals surface area contributed by atoms with Gasteiger partial charge in [-0.1, -0.05) is 18.2 Å². The van der Waals surface area contributed by atoms with Crippen molar-refractivity contribution in [3.8, 4) is 0 Å². The number of nitrogens with one attached hydrogen (secondary N) is 1. The molecular weight excluding hydrogens is 198 g/mol. The van der Waals surface area contributed by atoms with Crippen LogP contribution in [-0.2, 0) is 0 Å². The summed E-state index contributed by atoms with van der Waals surface area (Å²) in [5.41, 5.74) is 4.10. The van der Waals surface area contributed by atoms with Crippen LogP contribution in [0.5, 0.6) is 0 Å². The molecule has 1 heterocycles. The van der Waals surface area contributed by atoms with Gasteiger partial charge in [-0.3, -0.25) is 9.97 Å². The molecule has 0 bridgehead atoms. The Hall–Kier alpha value is -1.74. The van der Waals surface area contributed by atoms with Crippen LogP contribution in [0.4, 0.5) is 0 Å². The third kappa shape index (κ3) is 1.95. The van der Waals surface area contributed by atoms with E-state index in [1.54, 1.807) is 12.4 Å². The maximum atomic E-state index is 4.30. The molecule has 0 aliphatic heterocycles. The number of likely N-dealkylation sites (N-methyl/N-ethyl adjacent to an activating group) is 1. The average Bonchev–Trinajstić information content (AvgIpc) is 2.29. The third-order valence-corrected chi connectivity index (χ3v) is 2.61. The van der Waals surface area contributed by atoms with Gasteiger partial charge in [-0.25, -0.2) is 0 Å². The first-order valence-electron chi connectivity index (χ1n) is 5.25. The van der Waals surface area contributed by atoms with Crippen LogP contribution in [0.1, 0.15) is 18.5 Å². The van der Waals surface area contributed by atoms with Crippen LogP contribution in [-0.4, -0.2) is 17.0 Å². The van der Waals surface area contributed by atoms with Crippen molar-refractivity contribution >= 4 is 11.0 Å². The molecule has 1 aromatic heterocycles. The van der Waals surface area contributed by atoms with E-state index in [9.17, 15) is 0 Å². The summed E-state index contributed by atoms with van der Waals surface area (Å²) < 4.78 is 0. The normalized spacial score (nSPS) is 12.6. The number of hydrogen-bond acceptors (Lipinski definition) is 3. The quantitative estimate of drug-likeness (QED) is 0.796. The smallest absolute Gasteiger partial charge is 0.0890 e. The topological polar surface area (TPSA) is 37.8 Å². The highest BCUT2D eigenvalue weighted by atomic mass is 14.9. The van der Waals surface area contributed by atoms with Gasteiger partial charge >= 0.3 is 0 Å². The van der Waals surface area contributed by atoms with E-state index in [0.29, 0.717) is 0 Å². The lowest BCUT2D eigenvalue weighted by molar-refractivity contribution is 0.680. The monoisotopic (exact) mass is 213 g/mol. The molecule has 0 radical (unpaired) electrons. The fraction of sp³-hybridized carbons (Fsp3) is 0.231. The van der Waals surface area contributed by atoms with Crippen LogP contribution in [0.15, 0.2) is 42.7 Å². The SMILES string of the molecule is C=C(C)C(NC)c1ccc2nccnc2c1. The first kappa shape index (κ1) is 10.8. The van der Waals surface area contributed by atoms with E-state index in [4.69, 9.17) is 0 Å². The molecule has 3 heteroatoms. The van der Waals surface area contributed by atoms with Crippen molar-refractivity contribution in [1.29, 1.82) is 0 Å². The van der Waals surface area contributed by atoms with Gasteiger partial charge in [-0.2, -0.15) is 0 Å². The molecule has 0 amide bonds. The van der Waals surface area contributed by atoms with Crippen molar-refractivity contribution in [3.63, 3.8) is 0 Å². The lowest BCUT2D eigenvalue weighted by Gasteiger charge is -2.16. The minimum atomic E-state index is 0.173. The fourth-order valence-corrected chi connectivity index (χ4v) is 1.86. The molecule has 1 N–H and O–H groups in total. The molecule has 0 saturated heterocycles. The maximum Gasteiger partial charge on any atom is 0.0890 e. The maximum absolute atomic E-state index is 4.30. The minimum Gasteiger partial charge on any atom is -0.310 e. The molecule has 0 fully saturated rings. The second kappa shape index (κ2) is 4.41. The molecule has 0 spiro atoms. The lowest BCUT2D eigenvalue weighted by Crippen LogP contribution is -2.16. The summed E-state index contributed by atoms with van der Waals surface area (Å²) in [4.78, 5) is 8.54. The molecular formula is C13H15N3. The van der Waals surface area contributed by atoms with Crippen LogP contribution >= 0.6 is 0 Å². The molecule has 0 aliphatic carbocycles. The highest BCUT2D eigenvalue weighted by Gasteiger charge is 2.10. The van der Waals surface area contributed by atoms with Crippen molar-refractivity contribution in [1.82, 2.24) is 15.3 Å². The Balaban J connectivity index is 2.49. The number of nitrogens with zero attached hydrogens (tertiary/aromatic N) is 2. The number of hydrogen-bond donors (Lipinski definition) is 1. The predicted octanol–water partition coefficient (Wildman–Crippen LogP) is 2.47. The minimum absolute atomic E-state index is 0.173. The average molecular weight is 213 g/mol. The molecule has 0 saturated carbocycles. The van der Waals surface area contributed by atoms with E-state index in [2.05, 4.69) is 34.0 Å². The Morgan fingerprint density at radius 2 is 1.94 bits per heavy atom. The zero-order valence-corrected chi connectivity index (χ0v) is 9.57. The molecule has 0 aliphatic rings. The molecule has 1 unspecified atom stereocenters. The molecule has 2 rings (SSSR count). The van der Waals surface area contributed by atoms with Gasteiger partial charge in [-0.15, -0.1) is 0 Å². The van der Waals surface area contributed by atoms with Crippen LogP contribution in [0.25, 0.3) is 11.0 Å². The van der Waals surface area contributed by atoms with Crippen molar-refractivity contribution in [2.75, 3.05) is 7.05 Å². The summed E-state index contributed by atoms with van der Waals surface area (Å²) in [6.45, 7) is 6.00. The largest absolute Gasteiger partial charge is 0.310 e. The molecule has 1 atom stereocenters. The molecule has 82 valence electrons. The van der Waals surface area contributed by atoms with Gasteiger partial charge in [0, 0.05) is 12.4 Å². The van der Waals surface area contributed by atoms with Crippen LogP contribution in [0.2, 0.25) is 0 Å². The Morgan fingerprint density at radius 1 is 1.25 bits per heavy atom. The van der Waals surface area contributed by atoms with Gasteiger partial charge in [0.1, 0.15) is 0 Å². The van der Waals surface area contributed by atoms with Gasteiger partial charge < -0.3 is 5.32 Å². The first-order valence-corrected chi connectivity index (χ1v) is 5.25. The lowest BCUT2D eigenvalue weighted by atomic mass is 10.0. The van der Waals surface area contributed by atoms with E-state index in [-0.39, 0.29) is 6.04 Å². The van der Waals surface area contributed by atoms with Gasteiger partial charge in [0.2, 0.25) is 0 Å². The van der Waals surface area contributed by atoms with E-state index in [0.717, 1.165) is 16.6 Å². The molecule has 2 aromatic rings. The van der Waals surface area contributed by atoms with Gasteiger partial charge in [-0.05, 0) is 31.7 Å². The number of benzene rings is 1. The summed E-state index contributed by atoms with van der Waals surface area (Å²) in [5, 5.41) is 3.23. The van der Waals surface area contributed by atoms with E-state index in [1.165, 1.54) is 5.56 Å².